The summed E-state index contributed by atoms with van der Waals surface area (Å²) < 4.78 is 0. The molecule has 3 N–H and O–H groups in total. The lowest BCUT2D eigenvalue weighted by Crippen LogP contribution is -2.29. The first kappa shape index (κ1) is 15.5. The van der Waals surface area contributed by atoms with Gasteiger partial charge in [-0.1, -0.05) is 48.7 Å². The molecule has 0 spiro atoms. The van der Waals surface area contributed by atoms with Gasteiger partial charge in [-0.05, 0) is 18.6 Å². The van der Waals surface area contributed by atoms with E-state index in [4.69, 9.17) is 22.0 Å². The molecule has 6 heteroatoms. The lowest BCUT2D eigenvalue weighted by molar-refractivity contribution is 0.235. The molecule has 1 aromatic carbocycles. The monoisotopic (exact) mass is 283 g/mol. The molecule has 0 atom stereocenters. The van der Waals surface area contributed by atoms with Crippen LogP contribution in [0.3, 0.4) is 0 Å². The molecule has 0 bridgehead atoms. The van der Waals surface area contributed by atoms with Crippen LogP contribution in [0, 0.1) is 0 Å². The van der Waals surface area contributed by atoms with Crippen LogP contribution >= 0.6 is 11.6 Å². The van der Waals surface area contributed by atoms with E-state index in [9.17, 15) is 0 Å². The van der Waals surface area contributed by atoms with Gasteiger partial charge in [0.25, 0.3) is 0 Å². The zero-order chi connectivity index (χ0) is 14.1. The number of amidine groups is 1. The van der Waals surface area contributed by atoms with Crippen molar-refractivity contribution in [2.75, 3.05) is 6.54 Å². The Hall–Kier alpha value is -1.59. The molecule has 0 saturated carbocycles. The number of oxime groups is 1. The third kappa shape index (κ3) is 4.89. The molecule has 0 saturated heterocycles. The quantitative estimate of drug-likeness (QED) is 0.247. The topological polar surface area (TPSA) is 77.2 Å². The molecule has 0 heterocycles. The molecule has 0 radical (unpaired) electrons. The minimum atomic E-state index is 0.140. The van der Waals surface area contributed by atoms with Crippen LogP contribution in [0.4, 0.5) is 0 Å². The van der Waals surface area contributed by atoms with Gasteiger partial charge in [-0.2, -0.15) is 0 Å². The smallest absolute Gasteiger partial charge is 0.175 e. The number of rotatable bonds is 6. The van der Waals surface area contributed by atoms with Crippen molar-refractivity contribution in [2.24, 2.45) is 10.1 Å². The summed E-state index contributed by atoms with van der Waals surface area (Å²) in [5.41, 5.74) is 2.76. The van der Waals surface area contributed by atoms with E-state index in [1.807, 2.05) is 5.48 Å². The van der Waals surface area contributed by atoms with Crippen molar-refractivity contribution in [3.63, 3.8) is 0 Å². The summed E-state index contributed by atoms with van der Waals surface area (Å²) in [4.78, 5) is 4.18. The summed E-state index contributed by atoms with van der Waals surface area (Å²) in [6, 6.07) is 6.73. The second-order valence-corrected chi connectivity index (χ2v) is 4.44. The number of hydrogen-bond donors (Lipinski definition) is 3. The molecule has 5 nitrogen and oxygen atoms in total. The first-order valence-corrected chi connectivity index (χ1v) is 6.53. The largest absolute Gasteiger partial charge is 0.410 e. The second-order valence-electron chi connectivity index (χ2n) is 4.00. The molecule has 1 aromatic rings. The minimum absolute atomic E-state index is 0.140. The average molecular weight is 284 g/mol. The van der Waals surface area contributed by atoms with E-state index in [2.05, 4.69) is 17.1 Å². The summed E-state index contributed by atoms with van der Waals surface area (Å²) in [6.45, 7) is 2.66. The average Bonchev–Trinajstić information content (AvgIpc) is 2.44. The predicted molar refractivity (Wildman–Crippen MR) is 76.5 cm³/mol. The summed E-state index contributed by atoms with van der Waals surface area (Å²) in [5, 5.41) is 21.9. The number of aliphatic imine (C=N–C) groups is 1. The summed E-state index contributed by atoms with van der Waals surface area (Å²) in [5.74, 6) is 0.140. The Bertz CT molecular complexity index is 444. The van der Waals surface area contributed by atoms with Crippen molar-refractivity contribution < 1.29 is 10.4 Å². The van der Waals surface area contributed by atoms with Crippen molar-refractivity contribution in [1.29, 1.82) is 0 Å². The van der Waals surface area contributed by atoms with Crippen LogP contribution in [0.15, 0.2) is 34.4 Å². The molecule has 1 rings (SSSR count). The maximum atomic E-state index is 9.10. The molecule has 0 aliphatic carbocycles. The minimum Gasteiger partial charge on any atom is -0.410 e. The first-order chi connectivity index (χ1) is 9.22. The summed E-state index contributed by atoms with van der Waals surface area (Å²) >= 11 is 5.79. The standard InChI is InChI=1S/C13H18ClN3O2/c1-2-3-4-9-15-13(17-19)12(16-18)10-5-7-11(14)8-6-10/h5-8,18-19H,2-4,9H2,1H3,(H,15,17)/b16-12+. The normalized spacial score (nSPS) is 12.6. The Morgan fingerprint density at radius 3 is 2.47 bits per heavy atom. The van der Waals surface area contributed by atoms with Crippen LogP contribution in [-0.4, -0.2) is 28.5 Å². The fourth-order valence-corrected chi connectivity index (χ4v) is 1.69. The van der Waals surface area contributed by atoms with Crippen LogP contribution in [0.5, 0.6) is 0 Å². The van der Waals surface area contributed by atoms with E-state index < -0.39 is 0 Å². The van der Waals surface area contributed by atoms with Crippen molar-refractivity contribution >= 4 is 23.1 Å². The van der Waals surface area contributed by atoms with E-state index in [1.165, 1.54) is 0 Å². The van der Waals surface area contributed by atoms with E-state index >= 15 is 0 Å². The molecule has 104 valence electrons. The Balaban J connectivity index is 2.84. The lowest BCUT2D eigenvalue weighted by atomic mass is 10.1. The maximum absolute atomic E-state index is 9.10. The van der Waals surface area contributed by atoms with Gasteiger partial charge in [0.2, 0.25) is 0 Å². The van der Waals surface area contributed by atoms with E-state index in [0.29, 0.717) is 17.1 Å². The molecular weight excluding hydrogens is 266 g/mol. The highest BCUT2D eigenvalue weighted by Crippen LogP contribution is 2.11. The number of nitrogens with zero attached hydrogens (tertiary/aromatic N) is 2. The molecule has 0 unspecified atom stereocenters. The number of unbranched alkanes of at least 4 members (excludes halogenated alkanes) is 2. The van der Waals surface area contributed by atoms with Gasteiger partial charge < -0.3 is 5.21 Å². The molecule has 0 fully saturated rings. The van der Waals surface area contributed by atoms with Gasteiger partial charge in [0.05, 0.1) is 0 Å². The number of benzene rings is 1. The number of halogens is 1. The zero-order valence-corrected chi connectivity index (χ0v) is 11.6. The second kappa shape index (κ2) is 8.50. The summed E-state index contributed by atoms with van der Waals surface area (Å²) in [6.07, 6.45) is 3.07. The SMILES string of the molecule is CCCCCN=C(NO)/C(=N/O)c1ccc(Cl)cc1. The number of hydroxylamine groups is 1. The Morgan fingerprint density at radius 2 is 1.95 bits per heavy atom. The van der Waals surface area contributed by atoms with Crippen LogP contribution in [0.2, 0.25) is 5.02 Å². The highest BCUT2D eigenvalue weighted by molar-refractivity contribution is 6.47. The Morgan fingerprint density at radius 1 is 1.26 bits per heavy atom. The zero-order valence-electron chi connectivity index (χ0n) is 10.8. The van der Waals surface area contributed by atoms with Crippen LogP contribution in [-0.2, 0) is 0 Å². The fourth-order valence-electron chi connectivity index (χ4n) is 1.57. The van der Waals surface area contributed by atoms with Crippen molar-refractivity contribution in [1.82, 2.24) is 5.48 Å². The van der Waals surface area contributed by atoms with Crippen LogP contribution in [0.25, 0.3) is 0 Å². The number of nitrogens with one attached hydrogen (secondary N) is 1. The molecule has 0 amide bonds. The third-order valence-corrected chi connectivity index (χ3v) is 2.83. The molecule has 0 aromatic heterocycles. The summed E-state index contributed by atoms with van der Waals surface area (Å²) in [7, 11) is 0. The van der Waals surface area contributed by atoms with Crippen LogP contribution < -0.4 is 5.48 Å². The van der Waals surface area contributed by atoms with Gasteiger partial charge >= 0.3 is 0 Å². The first-order valence-electron chi connectivity index (χ1n) is 6.15. The van der Waals surface area contributed by atoms with E-state index in [1.54, 1.807) is 24.3 Å². The van der Waals surface area contributed by atoms with Gasteiger partial charge in [-0.25, -0.2) is 0 Å². The van der Waals surface area contributed by atoms with Crippen molar-refractivity contribution in [3.05, 3.63) is 34.9 Å². The molecular formula is C13H18ClN3O2. The lowest BCUT2D eigenvalue weighted by Gasteiger charge is -2.07. The van der Waals surface area contributed by atoms with Gasteiger partial charge in [0.15, 0.2) is 11.5 Å². The van der Waals surface area contributed by atoms with Gasteiger partial charge in [0, 0.05) is 17.1 Å². The van der Waals surface area contributed by atoms with Gasteiger partial charge in [-0.15, -0.1) is 0 Å². The van der Waals surface area contributed by atoms with E-state index in [0.717, 1.165) is 19.3 Å². The fraction of sp³-hybridized carbons (Fsp3) is 0.385. The molecule has 0 aliphatic rings. The van der Waals surface area contributed by atoms with Crippen LogP contribution in [0.1, 0.15) is 31.7 Å². The molecule has 0 aliphatic heterocycles. The van der Waals surface area contributed by atoms with Crippen molar-refractivity contribution in [2.45, 2.75) is 26.2 Å². The number of hydrogen-bond acceptors (Lipinski definition) is 4. The third-order valence-electron chi connectivity index (χ3n) is 2.58. The Labute approximate surface area is 117 Å². The Kier molecular flexibility index (Phi) is 6.92. The highest BCUT2D eigenvalue weighted by Gasteiger charge is 2.11. The molecule has 19 heavy (non-hydrogen) atoms. The maximum Gasteiger partial charge on any atom is 0.175 e. The van der Waals surface area contributed by atoms with Gasteiger partial charge in [0.1, 0.15) is 0 Å². The predicted octanol–water partition coefficient (Wildman–Crippen LogP) is 3.09. The highest BCUT2D eigenvalue weighted by atomic mass is 35.5. The van der Waals surface area contributed by atoms with Gasteiger partial charge in [-0.3, -0.25) is 15.7 Å². The van der Waals surface area contributed by atoms with Crippen molar-refractivity contribution in [3.8, 4) is 0 Å². The van der Waals surface area contributed by atoms with E-state index in [-0.39, 0.29) is 11.5 Å².